The largest absolute Gasteiger partial charge is 0.447 e. The van der Waals surface area contributed by atoms with Crippen LogP contribution in [0.4, 0.5) is 4.79 Å². The van der Waals surface area contributed by atoms with Crippen molar-refractivity contribution in [2.45, 2.75) is 0 Å². The normalized spacial score (nSPS) is 8.69. The molecule has 1 aromatic rings. The van der Waals surface area contributed by atoms with E-state index in [4.69, 9.17) is 22.1 Å². The van der Waals surface area contributed by atoms with Crippen LogP contribution in [0.3, 0.4) is 0 Å². The van der Waals surface area contributed by atoms with Gasteiger partial charge in [0, 0.05) is 0 Å². The Kier molecular flexibility index (Phi) is 3.43. The van der Waals surface area contributed by atoms with Crippen molar-refractivity contribution in [3.05, 3.63) is 16.5 Å². The number of hydrogen-bond donors (Lipinski definition) is 1. The first-order valence-corrected chi connectivity index (χ1v) is 3.98. The molecule has 0 spiro atoms. The lowest BCUT2D eigenvalue weighted by atomic mass is 10.3. The summed E-state index contributed by atoms with van der Waals surface area (Å²) in [5.41, 5.74) is 4.05. The predicted octanol–water partition coefficient (Wildman–Crippen LogP) is 0.262. The molecule has 0 bridgehead atoms. The molecule has 0 aliphatic heterocycles. The highest BCUT2D eigenvalue weighted by atomic mass is 35.5. The molecule has 0 atom stereocenters. The maximum Gasteiger partial charge on any atom is 0.447 e. The van der Waals surface area contributed by atoms with Crippen LogP contribution in [0.25, 0.3) is 0 Å². The van der Waals surface area contributed by atoms with Crippen molar-refractivity contribution in [1.29, 1.82) is 10.5 Å². The van der Waals surface area contributed by atoms with E-state index in [0.29, 0.717) is 0 Å². The summed E-state index contributed by atoms with van der Waals surface area (Å²) in [6, 6.07) is 3.21. The maximum atomic E-state index is 10.2. The number of nitriles is 2. The van der Waals surface area contributed by atoms with E-state index in [9.17, 15) is 4.79 Å². The van der Waals surface area contributed by atoms with E-state index in [1.807, 2.05) is 0 Å². The Bertz CT molecular complexity index is 518. The van der Waals surface area contributed by atoms with Gasteiger partial charge in [-0.1, -0.05) is 11.6 Å². The molecule has 9 heteroatoms. The van der Waals surface area contributed by atoms with Gasteiger partial charge in [0.05, 0.1) is 0 Å². The Labute approximate surface area is 93.7 Å². The van der Waals surface area contributed by atoms with E-state index in [-0.39, 0.29) is 16.5 Å². The number of carbonyl (C=O) groups excluding carboxylic acids is 1. The molecular formula is C7H2ClN5O3. The van der Waals surface area contributed by atoms with Gasteiger partial charge >= 0.3 is 12.0 Å². The minimum Gasteiger partial charge on any atom is -0.332 e. The van der Waals surface area contributed by atoms with Crippen LogP contribution in [-0.4, -0.2) is 16.1 Å². The van der Waals surface area contributed by atoms with Gasteiger partial charge in [-0.15, -0.1) is 0 Å². The van der Waals surface area contributed by atoms with E-state index in [2.05, 4.69) is 25.5 Å². The van der Waals surface area contributed by atoms with Gasteiger partial charge in [0.15, 0.2) is 16.5 Å². The molecular weight excluding hydrogens is 238 g/mol. The molecule has 0 aliphatic rings. The van der Waals surface area contributed by atoms with Crippen LogP contribution in [0.15, 0.2) is 0 Å². The molecule has 0 aliphatic carbocycles. The van der Waals surface area contributed by atoms with E-state index in [0.717, 1.165) is 0 Å². The SMILES string of the molecule is N#Cc1nc(Cl)c(OOC(N)=O)nc1C#N. The number of amides is 1. The fourth-order valence-corrected chi connectivity index (χ4v) is 0.847. The molecule has 8 nitrogen and oxygen atoms in total. The Morgan fingerprint density at radius 3 is 2.38 bits per heavy atom. The molecule has 2 N–H and O–H groups in total. The van der Waals surface area contributed by atoms with E-state index >= 15 is 0 Å². The molecule has 0 fully saturated rings. The van der Waals surface area contributed by atoms with E-state index in [1.54, 1.807) is 12.1 Å². The standard InChI is InChI=1S/C7H2ClN5O3/c8-5-6(15-16-7(11)14)13-4(2-10)3(1-9)12-5/h(H2,11,14). The highest BCUT2D eigenvalue weighted by Crippen LogP contribution is 2.20. The number of nitrogens with zero attached hydrogens (tertiary/aromatic N) is 4. The summed E-state index contributed by atoms with van der Waals surface area (Å²) >= 11 is 5.53. The monoisotopic (exact) mass is 239 g/mol. The van der Waals surface area contributed by atoms with E-state index < -0.39 is 12.0 Å². The molecule has 16 heavy (non-hydrogen) atoms. The minimum atomic E-state index is -1.22. The number of rotatable bonds is 2. The van der Waals surface area contributed by atoms with Crippen molar-refractivity contribution in [1.82, 2.24) is 9.97 Å². The van der Waals surface area contributed by atoms with Gasteiger partial charge < -0.3 is 5.73 Å². The lowest BCUT2D eigenvalue weighted by molar-refractivity contribution is -0.142. The van der Waals surface area contributed by atoms with Gasteiger partial charge in [-0.25, -0.2) is 14.7 Å². The van der Waals surface area contributed by atoms with Gasteiger partial charge in [-0.05, 0) is 0 Å². The average molecular weight is 240 g/mol. The summed E-state index contributed by atoms with van der Waals surface area (Å²) in [5, 5.41) is 16.8. The fourth-order valence-electron chi connectivity index (χ4n) is 0.689. The van der Waals surface area contributed by atoms with Crippen LogP contribution < -0.4 is 10.6 Å². The smallest absolute Gasteiger partial charge is 0.332 e. The van der Waals surface area contributed by atoms with Gasteiger partial charge in [0.25, 0.3) is 0 Å². The summed E-state index contributed by atoms with van der Waals surface area (Å²) in [6.45, 7) is 0. The third-order valence-electron chi connectivity index (χ3n) is 1.24. The quantitative estimate of drug-likeness (QED) is 0.577. The molecule has 1 amide bonds. The highest BCUT2D eigenvalue weighted by Gasteiger charge is 2.15. The summed E-state index contributed by atoms with van der Waals surface area (Å²) in [7, 11) is 0. The second-order valence-corrected chi connectivity index (χ2v) is 2.58. The molecule has 0 aromatic carbocycles. The molecule has 0 saturated heterocycles. The Morgan fingerprint density at radius 1 is 1.31 bits per heavy atom. The summed E-state index contributed by atoms with van der Waals surface area (Å²) in [5.74, 6) is -0.434. The predicted molar refractivity (Wildman–Crippen MR) is 47.8 cm³/mol. The Morgan fingerprint density at radius 2 is 1.88 bits per heavy atom. The van der Waals surface area contributed by atoms with Crippen LogP contribution in [-0.2, 0) is 4.89 Å². The first kappa shape index (κ1) is 11.5. The summed E-state index contributed by atoms with van der Waals surface area (Å²) in [4.78, 5) is 25.5. The van der Waals surface area contributed by atoms with Gasteiger partial charge in [0.1, 0.15) is 12.1 Å². The molecule has 0 unspecified atom stereocenters. The molecule has 1 rings (SSSR count). The van der Waals surface area contributed by atoms with Crippen LogP contribution in [0.2, 0.25) is 5.15 Å². The number of halogens is 1. The Hall–Kier alpha value is -2.58. The molecule has 1 heterocycles. The summed E-state index contributed by atoms with van der Waals surface area (Å²) in [6.07, 6.45) is -1.22. The number of primary amides is 1. The zero-order valence-corrected chi connectivity index (χ0v) is 8.22. The zero-order valence-electron chi connectivity index (χ0n) is 7.47. The number of carbonyl (C=O) groups is 1. The van der Waals surface area contributed by atoms with Gasteiger partial charge in [0.2, 0.25) is 0 Å². The number of nitrogens with two attached hydrogens (primary N) is 1. The van der Waals surface area contributed by atoms with Crippen molar-refractivity contribution < 1.29 is 14.6 Å². The van der Waals surface area contributed by atoms with Crippen molar-refractivity contribution in [2.75, 3.05) is 0 Å². The average Bonchev–Trinajstić information content (AvgIpc) is 2.26. The maximum absolute atomic E-state index is 10.2. The van der Waals surface area contributed by atoms with Crippen LogP contribution in [0.5, 0.6) is 5.88 Å². The fraction of sp³-hybridized carbons (Fsp3) is 0. The number of aromatic nitrogens is 2. The lowest BCUT2D eigenvalue weighted by Crippen LogP contribution is -2.16. The molecule has 1 aromatic heterocycles. The highest BCUT2D eigenvalue weighted by molar-refractivity contribution is 6.30. The third kappa shape index (κ3) is 2.47. The van der Waals surface area contributed by atoms with Crippen molar-refractivity contribution in [2.24, 2.45) is 5.73 Å². The first-order valence-electron chi connectivity index (χ1n) is 3.60. The lowest BCUT2D eigenvalue weighted by Gasteiger charge is -2.02. The summed E-state index contributed by atoms with van der Waals surface area (Å²) < 4.78 is 0. The van der Waals surface area contributed by atoms with Crippen LogP contribution >= 0.6 is 11.6 Å². The third-order valence-corrected chi connectivity index (χ3v) is 1.48. The molecule has 80 valence electrons. The van der Waals surface area contributed by atoms with Gasteiger partial charge in [-0.3, -0.25) is 4.89 Å². The zero-order chi connectivity index (χ0) is 12.1. The second kappa shape index (κ2) is 4.77. The topological polar surface area (TPSA) is 135 Å². The molecule has 0 saturated carbocycles. The van der Waals surface area contributed by atoms with Crippen LogP contribution in [0, 0.1) is 22.7 Å². The number of hydrogen-bond acceptors (Lipinski definition) is 7. The van der Waals surface area contributed by atoms with E-state index in [1.165, 1.54) is 0 Å². The second-order valence-electron chi connectivity index (χ2n) is 2.23. The van der Waals surface area contributed by atoms with Crippen molar-refractivity contribution in [3.63, 3.8) is 0 Å². The first-order chi connectivity index (χ1) is 7.58. The molecule has 0 radical (unpaired) electrons. The minimum absolute atomic E-state index is 0.265. The van der Waals surface area contributed by atoms with Crippen molar-refractivity contribution in [3.8, 4) is 18.0 Å². The van der Waals surface area contributed by atoms with Gasteiger partial charge in [-0.2, -0.15) is 15.5 Å². The van der Waals surface area contributed by atoms with Crippen LogP contribution in [0.1, 0.15) is 11.4 Å². The van der Waals surface area contributed by atoms with Crippen molar-refractivity contribution >= 4 is 17.7 Å². The Balaban J connectivity index is 3.09.